The van der Waals surface area contributed by atoms with Crippen molar-refractivity contribution in [2.75, 3.05) is 26.2 Å². The first kappa shape index (κ1) is 15.4. The van der Waals surface area contributed by atoms with Crippen molar-refractivity contribution in [2.45, 2.75) is 33.6 Å². The summed E-state index contributed by atoms with van der Waals surface area (Å²) in [4.78, 5) is 0. The van der Waals surface area contributed by atoms with E-state index in [1.165, 1.54) is 8.61 Å². The third-order valence-corrected chi connectivity index (χ3v) is 5.65. The van der Waals surface area contributed by atoms with Crippen molar-refractivity contribution >= 4 is 15.9 Å². The van der Waals surface area contributed by atoms with Gasteiger partial charge < -0.3 is 5.21 Å². The van der Waals surface area contributed by atoms with Crippen molar-refractivity contribution in [3.8, 4) is 0 Å². The Kier molecular flexibility index (Phi) is 5.55. The second kappa shape index (κ2) is 6.49. The molecule has 0 aromatic carbocycles. The highest BCUT2D eigenvalue weighted by atomic mass is 32.2. The van der Waals surface area contributed by atoms with Gasteiger partial charge in [-0.25, -0.2) is 0 Å². The summed E-state index contributed by atoms with van der Waals surface area (Å²) in [5.74, 6) is 0.0223. The average molecular weight is 277 g/mol. The molecule has 7 heteroatoms. The van der Waals surface area contributed by atoms with Gasteiger partial charge in [0.25, 0.3) is 10.2 Å². The Morgan fingerprint density at radius 2 is 2.00 bits per heavy atom. The van der Waals surface area contributed by atoms with Crippen molar-refractivity contribution in [2.24, 2.45) is 11.1 Å². The van der Waals surface area contributed by atoms with Crippen LogP contribution in [0.25, 0.3) is 0 Å². The minimum absolute atomic E-state index is 0.0223. The van der Waals surface area contributed by atoms with E-state index in [9.17, 15) is 8.42 Å². The maximum absolute atomic E-state index is 12.4. The highest BCUT2D eigenvalue weighted by molar-refractivity contribution is 7.86. The third kappa shape index (κ3) is 3.02. The van der Waals surface area contributed by atoms with Gasteiger partial charge in [-0.05, 0) is 6.42 Å². The van der Waals surface area contributed by atoms with E-state index in [0.717, 1.165) is 6.42 Å². The molecule has 1 atom stereocenters. The first-order valence-corrected chi connectivity index (χ1v) is 7.86. The molecule has 0 bridgehead atoms. The van der Waals surface area contributed by atoms with Gasteiger partial charge in [0.2, 0.25) is 0 Å². The molecule has 1 fully saturated rings. The normalized spacial score (nSPS) is 24.9. The smallest absolute Gasteiger partial charge is 0.281 e. The van der Waals surface area contributed by atoms with Gasteiger partial charge in [-0.3, -0.25) is 0 Å². The lowest BCUT2D eigenvalue weighted by Crippen LogP contribution is -2.50. The molecule has 1 unspecified atom stereocenters. The van der Waals surface area contributed by atoms with E-state index in [1.54, 1.807) is 0 Å². The number of oxime groups is 1. The van der Waals surface area contributed by atoms with Crippen LogP contribution in [0.3, 0.4) is 0 Å². The molecular formula is C11H23N3O3S. The molecule has 6 nitrogen and oxygen atoms in total. The van der Waals surface area contributed by atoms with Crippen molar-refractivity contribution in [1.29, 1.82) is 0 Å². The topological polar surface area (TPSA) is 73.2 Å². The van der Waals surface area contributed by atoms with Crippen molar-refractivity contribution < 1.29 is 13.6 Å². The van der Waals surface area contributed by atoms with Crippen LogP contribution in [0.4, 0.5) is 0 Å². The second-order valence-electron chi connectivity index (χ2n) is 4.40. The lowest BCUT2D eigenvalue weighted by atomic mass is 9.95. The van der Waals surface area contributed by atoms with Crippen LogP contribution >= 0.6 is 0 Å². The Balaban J connectivity index is 2.86. The summed E-state index contributed by atoms with van der Waals surface area (Å²) in [6.45, 7) is 7.42. The summed E-state index contributed by atoms with van der Waals surface area (Å²) in [5.41, 5.74) is 0.712. The monoisotopic (exact) mass is 277 g/mol. The molecule has 106 valence electrons. The SMILES string of the molecule is CCC1CN(S(=O)(=O)N(CC)CC)CCC1=NO. The van der Waals surface area contributed by atoms with Crippen LogP contribution in [0.5, 0.6) is 0 Å². The van der Waals surface area contributed by atoms with Gasteiger partial charge >= 0.3 is 0 Å². The zero-order valence-electron chi connectivity index (χ0n) is 11.3. The number of rotatable bonds is 5. The number of hydrogen-bond donors (Lipinski definition) is 1. The van der Waals surface area contributed by atoms with Crippen LogP contribution in [0.15, 0.2) is 5.16 Å². The Bertz CT molecular complexity index is 390. The van der Waals surface area contributed by atoms with Crippen molar-refractivity contribution in [3.05, 3.63) is 0 Å². The molecule has 1 heterocycles. The lowest BCUT2D eigenvalue weighted by molar-refractivity contribution is 0.286. The predicted octanol–water partition coefficient (Wildman–Crippen LogP) is 1.14. The maximum Gasteiger partial charge on any atom is 0.281 e. The fraction of sp³-hybridized carbons (Fsp3) is 0.909. The summed E-state index contributed by atoms with van der Waals surface area (Å²) >= 11 is 0. The quantitative estimate of drug-likeness (QED) is 0.605. The van der Waals surface area contributed by atoms with E-state index in [-0.39, 0.29) is 5.92 Å². The van der Waals surface area contributed by atoms with Gasteiger partial charge in [0.05, 0.1) is 5.71 Å². The van der Waals surface area contributed by atoms with Gasteiger partial charge in [-0.15, -0.1) is 0 Å². The van der Waals surface area contributed by atoms with E-state index in [4.69, 9.17) is 5.21 Å². The number of nitrogens with zero attached hydrogens (tertiary/aromatic N) is 3. The summed E-state index contributed by atoms with van der Waals surface area (Å²) in [6.07, 6.45) is 1.29. The van der Waals surface area contributed by atoms with E-state index in [1.807, 2.05) is 20.8 Å². The standard InChI is InChI=1S/C11H23N3O3S/c1-4-10-9-14(8-7-11(10)12-15)18(16,17)13(5-2)6-3/h10,15H,4-9H2,1-3H3. The zero-order chi connectivity index (χ0) is 13.8. The van der Waals surface area contributed by atoms with Crippen LogP contribution in [-0.2, 0) is 10.2 Å². The van der Waals surface area contributed by atoms with Crippen LogP contribution < -0.4 is 0 Å². The molecule has 1 aliphatic heterocycles. The molecule has 1 rings (SSSR count). The van der Waals surface area contributed by atoms with Gasteiger partial charge in [-0.2, -0.15) is 17.0 Å². The molecule has 0 aliphatic carbocycles. The van der Waals surface area contributed by atoms with Gasteiger partial charge in [0, 0.05) is 38.5 Å². The van der Waals surface area contributed by atoms with Crippen molar-refractivity contribution in [3.63, 3.8) is 0 Å². The van der Waals surface area contributed by atoms with Gasteiger partial charge in [-0.1, -0.05) is 25.9 Å². The number of hydrogen-bond acceptors (Lipinski definition) is 4. The second-order valence-corrected chi connectivity index (χ2v) is 6.33. The highest BCUT2D eigenvalue weighted by Crippen LogP contribution is 2.21. The average Bonchev–Trinajstić information content (AvgIpc) is 2.38. The summed E-state index contributed by atoms with van der Waals surface area (Å²) in [6, 6.07) is 0. The van der Waals surface area contributed by atoms with Gasteiger partial charge in [0.15, 0.2) is 0 Å². The first-order valence-electron chi connectivity index (χ1n) is 6.47. The van der Waals surface area contributed by atoms with Crippen LogP contribution in [0.1, 0.15) is 33.6 Å². The molecule has 1 N–H and O–H groups in total. The van der Waals surface area contributed by atoms with E-state index in [0.29, 0.717) is 38.3 Å². The Hall–Kier alpha value is -0.660. The number of piperidine rings is 1. The Morgan fingerprint density at radius 3 is 2.44 bits per heavy atom. The summed E-state index contributed by atoms with van der Waals surface area (Å²) in [5, 5.41) is 12.2. The summed E-state index contributed by atoms with van der Waals surface area (Å²) < 4.78 is 27.7. The Labute approximate surface area is 109 Å². The molecule has 1 saturated heterocycles. The van der Waals surface area contributed by atoms with E-state index < -0.39 is 10.2 Å². The van der Waals surface area contributed by atoms with Crippen LogP contribution in [0, 0.1) is 5.92 Å². The molecule has 18 heavy (non-hydrogen) atoms. The lowest BCUT2D eigenvalue weighted by Gasteiger charge is -2.34. The summed E-state index contributed by atoms with van der Waals surface area (Å²) in [7, 11) is -3.37. The zero-order valence-corrected chi connectivity index (χ0v) is 12.2. The Morgan fingerprint density at radius 1 is 1.39 bits per heavy atom. The molecule has 1 aliphatic rings. The third-order valence-electron chi connectivity index (χ3n) is 3.49. The largest absolute Gasteiger partial charge is 0.411 e. The molecule has 0 spiro atoms. The fourth-order valence-corrected chi connectivity index (χ4v) is 3.97. The predicted molar refractivity (Wildman–Crippen MR) is 71.0 cm³/mol. The minimum Gasteiger partial charge on any atom is -0.411 e. The van der Waals surface area contributed by atoms with E-state index in [2.05, 4.69) is 5.16 Å². The minimum atomic E-state index is -3.37. The molecule has 0 aromatic heterocycles. The van der Waals surface area contributed by atoms with E-state index >= 15 is 0 Å². The molecule has 0 amide bonds. The highest BCUT2D eigenvalue weighted by Gasteiger charge is 2.34. The van der Waals surface area contributed by atoms with Crippen molar-refractivity contribution in [1.82, 2.24) is 8.61 Å². The molecular weight excluding hydrogens is 254 g/mol. The maximum atomic E-state index is 12.4. The fourth-order valence-electron chi connectivity index (χ4n) is 2.30. The van der Waals surface area contributed by atoms with Gasteiger partial charge in [0.1, 0.15) is 0 Å². The molecule has 0 aromatic rings. The molecule has 0 saturated carbocycles. The molecule has 0 radical (unpaired) electrons. The van der Waals surface area contributed by atoms with Crippen LogP contribution in [-0.4, -0.2) is 54.1 Å². The first-order chi connectivity index (χ1) is 8.51. The van der Waals surface area contributed by atoms with Crippen LogP contribution in [0.2, 0.25) is 0 Å².